The van der Waals surface area contributed by atoms with Gasteiger partial charge in [0.25, 0.3) is 0 Å². The number of para-hydroxylation sites is 1. The predicted octanol–water partition coefficient (Wildman–Crippen LogP) is 2.20. The molecule has 0 atom stereocenters. The summed E-state index contributed by atoms with van der Waals surface area (Å²) in [6.07, 6.45) is 1.36. The number of nitrogen functional groups attached to an aromatic ring is 1. The number of hydrogen-bond acceptors (Lipinski definition) is 5. The van der Waals surface area contributed by atoms with Crippen LogP contribution in [-0.4, -0.2) is 4.98 Å². The van der Waals surface area contributed by atoms with Crippen LogP contribution in [0, 0.1) is 22.7 Å². The first-order chi connectivity index (χ1) is 8.74. The monoisotopic (exact) mass is 236 g/mol. The van der Waals surface area contributed by atoms with Crippen molar-refractivity contribution < 1.29 is 4.74 Å². The number of anilines is 1. The van der Waals surface area contributed by atoms with E-state index in [1.165, 1.54) is 12.3 Å². The van der Waals surface area contributed by atoms with E-state index >= 15 is 0 Å². The molecule has 0 saturated carbocycles. The van der Waals surface area contributed by atoms with Crippen LogP contribution in [0.15, 0.2) is 36.5 Å². The van der Waals surface area contributed by atoms with Gasteiger partial charge >= 0.3 is 0 Å². The summed E-state index contributed by atoms with van der Waals surface area (Å²) < 4.78 is 5.46. The fourth-order valence-electron chi connectivity index (χ4n) is 1.37. The number of hydrogen-bond donors (Lipinski definition) is 1. The smallest absolute Gasteiger partial charge is 0.242 e. The van der Waals surface area contributed by atoms with E-state index in [-0.39, 0.29) is 11.6 Å². The van der Waals surface area contributed by atoms with Gasteiger partial charge < -0.3 is 10.5 Å². The van der Waals surface area contributed by atoms with E-state index < -0.39 is 0 Å². The minimum absolute atomic E-state index is 0.177. The molecule has 2 aromatic rings. The van der Waals surface area contributed by atoms with Crippen LogP contribution in [-0.2, 0) is 0 Å². The van der Waals surface area contributed by atoms with Gasteiger partial charge in [0.2, 0.25) is 5.88 Å². The van der Waals surface area contributed by atoms with Gasteiger partial charge in [-0.05, 0) is 18.2 Å². The second kappa shape index (κ2) is 4.86. The van der Waals surface area contributed by atoms with E-state index in [9.17, 15) is 0 Å². The summed E-state index contributed by atoms with van der Waals surface area (Å²) in [6.45, 7) is 0. The molecule has 0 aliphatic heterocycles. The van der Waals surface area contributed by atoms with Crippen LogP contribution in [0.25, 0.3) is 0 Å². The Bertz CT molecular complexity index is 667. The molecule has 1 aromatic heterocycles. The van der Waals surface area contributed by atoms with E-state index in [2.05, 4.69) is 4.98 Å². The minimum atomic E-state index is 0.177. The summed E-state index contributed by atoms with van der Waals surface area (Å²) in [5, 5.41) is 17.6. The molecule has 0 unspecified atom stereocenters. The third kappa shape index (κ3) is 2.21. The zero-order valence-electron chi connectivity index (χ0n) is 9.29. The average molecular weight is 236 g/mol. The van der Waals surface area contributed by atoms with E-state index in [1.807, 2.05) is 12.1 Å². The van der Waals surface area contributed by atoms with Gasteiger partial charge in [-0.3, -0.25) is 0 Å². The lowest BCUT2D eigenvalue weighted by Crippen LogP contribution is -1.97. The largest absolute Gasteiger partial charge is 0.436 e. The van der Waals surface area contributed by atoms with Gasteiger partial charge in [-0.25, -0.2) is 4.98 Å². The third-order valence-electron chi connectivity index (χ3n) is 2.22. The molecule has 0 aliphatic rings. The molecule has 86 valence electrons. The van der Waals surface area contributed by atoms with Gasteiger partial charge in [0.05, 0.1) is 16.8 Å². The number of pyridine rings is 1. The molecule has 0 fully saturated rings. The van der Waals surface area contributed by atoms with E-state index in [0.717, 1.165) is 0 Å². The Morgan fingerprint density at radius 1 is 1.17 bits per heavy atom. The molecular formula is C13H8N4O. The Kier molecular flexibility index (Phi) is 3.08. The van der Waals surface area contributed by atoms with Gasteiger partial charge in [-0.15, -0.1) is 0 Å². The van der Waals surface area contributed by atoms with Gasteiger partial charge in [0.15, 0.2) is 0 Å². The van der Waals surface area contributed by atoms with Crippen LogP contribution < -0.4 is 10.5 Å². The lowest BCUT2D eigenvalue weighted by atomic mass is 10.2. The molecule has 0 saturated heterocycles. The number of ether oxygens (including phenoxy) is 1. The van der Waals surface area contributed by atoms with Crippen LogP contribution in [0.5, 0.6) is 11.6 Å². The molecule has 2 rings (SSSR count). The average Bonchev–Trinajstić information content (AvgIpc) is 2.41. The van der Waals surface area contributed by atoms with Gasteiger partial charge in [-0.2, -0.15) is 10.5 Å². The molecule has 0 aliphatic carbocycles. The molecule has 0 bridgehead atoms. The van der Waals surface area contributed by atoms with E-state index in [1.54, 1.807) is 24.3 Å². The van der Waals surface area contributed by atoms with Gasteiger partial charge in [0.1, 0.15) is 17.9 Å². The Morgan fingerprint density at radius 3 is 2.61 bits per heavy atom. The first kappa shape index (κ1) is 11.4. The molecule has 5 nitrogen and oxygen atoms in total. The first-order valence-electron chi connectivity index (χ1n) is 5.07. The highest BCUT2D eigenvalue weighted by Gasteiger charge is 2.08. The topological polar surface area (TPSA) is 95.7 Å². The first-order valence-corrected chi connectivity index (χ1v) is 5.07. The molecule has 18 heavy (non-hydrogen) atoms. The van der Waals surface area contributed by atoms with Crippen LogP contribution in [0.1, 0.15) is 11.1 Å². The van der Waals surface area contributed by atoms with Crippen molar-refractivity contribution in [2.75, 3.05) is 5.73 Å². The van der Waals surface area contributed by atoms with Crippen molar-refractivity contribution in [3.05, 3.63) is 47.7 Å². The predicted molar refractivity (Wildman–Crippen MR) is 64.6 cm³/mol. The van der Waals surface area contributed by atoms with Crippen molar-refractivity contribution in [3.63, 3.8) is 0 Å². The summed E-state index contributed by atoms with van der Waals surface area (Å²) in [5.74, 6) is 0.556. The molecule has 2 N–H and O–H groups in total. The summed E-state index contributed by atoms with van der Waals surface area (Å²) >= 11 is 0. The molecule has 0 radical (unpaired) electrons. The Morgan fingerprint density at radius 2 is 1.94 bits per heavy atom. The minimum Gasteiger partial charge on any atom is -0.436 e. The highest BCUT2D eigenvalue weighted by atomic mass is 16.5. The molecule has 1 heterocycles. The Balaban J connectivity index is 2.36. The van der Waals surface area contributed by atoms with Crippen LogP contribution in [0.4, 0.5) is 5.69 Å². The molecule has 0 spiro atoms. The highest BCUT2D eigenvalue weighted by molar-refractivity contribution is 5.54. The van der Waals surface area contributed by atoms with Gasteiger partial charge in [-0.1, -0.05) is 12.1 Å². The second-order valence-electron chi connectivity index (χ2n) is 3.44. The normalized spacial score (nSPS) is 9.22. The number of nitrogens with zero attached hydrogens (tertiary/aromatic N) is 3. The lowest BCUT2D eigenvalue weighted by molar-refractivity contribution is 0.464. The number of nitrogens with two attached hydrogens (primary N) is 1. The maximum atomic E-state index is 8.92. The van der Waals surface area contributed by atoms with Crippen molar-refractivity contribution >= 4 is 5.69 Å². The highest BCUT2D eigenvalue weighted by Crippen LogP contribution is 2.27. The Labute approximate surface area is 104 Å². The zero-order chi connectivity index (χ0) is 13.0. The maximum Gasteiger partial charge on any atom is 0.242 e. The van der Waals surface area contributed by atoms with E-state index in [4.69, 9.17) is 21.0 Å². The van der Waals surface area contributed by atoms with Crippen LogP contribution >= 0.6 is 0 Å². The SMILES string of the molecule is N#Cc1cnc(Oc2ccccc2C#N)c(N)c1. The number of rotatable bonds is 2. The van der Waals surface area contributed by atoms with Crippen molar-refractivity contribution in [2.45, 2.75) is 0 Å². The summed E-state index contributed by atoms with van der Waals surface area (Å²) in [4.78, 5) is 3.94. The quantitative estimate of drug-likeness (QED) is 0.862. The fourth-order valence-corrected chi connectivity index (χ4v) is 1.37. The number of nitriles is 2. The Hall–Kier alpha value is -3.05. The summed E-state index contributed by atoms with van der Waals surface area (Å²) in [5.41, 5.74) is 6.71. The standard InChI is InChI=1S/C13H8N4O/c14-6-9-5-11(16)13(17-8-9)18-12-4-2-1-3-10(12)7-15/h1-5,8H,16H2. The molecule has 1 aromatic carbocycles. The lowest BCUT2D eigenvalue weighted by Gasteiger charge is -2.08. The van der Waals surface area contributed by atoms with Crippen molar-refractivity contribution in [1.82, 2.24) is 4.98 Å². The van der Waals surface area contributed by atoms with Crippen molar-refractivity contribution in [3.8, 4) is 23.8 Å². The fraction of sp³-hybridized carbons (Fsp3) is 0. The second-order valence-corrected chi connectivity index (χ2v) is 3.44. The maximum absolute atomic E-state index is 8.92. The third-order valence-corrected chi connectivity index (χ3v) is 2.22. The van der Waals surface area contributed by atoms with Gasteiger partial charge in [0, 0.05) is 6.20 Å². The summed E-state index contributed by atoms with van der Waals surface area (Å²) in [7, 11) is 0. The number of benzene rings is 1. The summed E-state index contributed by atoms with van der Waals surface area (Å²) in [6, 6.07) is 12.2. The van der Waals surface area contributed by atoms with Crippen LogP contribution in [0.3, 0.4) is 0 Å². The zero-order valence-corrected chi connectivity index (χ0v) is 9.29. The number of aromatic nitrogens is 1. The van der Waals surface area contributed by atoms with Crippen molar-refractivity contribution in [1.29, 1.82) is 10.5 Å². The molecular weight excluding hydrogens is 228 g/mol. The molecule has 5 heteroatoms. The molecule has 0 amide bonds. The van der Waals surface area contributed by atoms with Crippen molar-refractivity contribution in [2.24, 2.45) is 0 Å². The van der Waals surface area contributed by atoms with Crippen LogP contribution in [0.2, 0.25) is 0 Å². The van der Waals surface area contributed by atoms with E-state index in [0.29, 0.717) is 16.9 Å².